The van der Waals surface area contributed by atoms with Gasteiger partial charge in [0.1, 0.15) is 11.3 Å². The Kier molecular flexibility index (Phi) is 3.49. The van der Waals surface area contributed by atoms with E-state index in [1.807, 2.05) is 6.92 Å². The van der Waals surface area contributed by atoms with Gasteiger partial charge in [0.15, 0.2) is 0 Å². The molecule has 1 fully saturated rings. The molecule has 0 aliphatic carbocycles. The molecule has 1 aliphatic heterocycles. The van der Waals surface area contributed by atoms with E-state index >= 15 is 0 Å². The van der Waals surface area contributed by atoms with Crippen LogP contribution < -0.4 is 0 Å². The van der Waals surface area contributed by atoms with Crippen molar-refractivity contribution in [3.8, 4) is 0 Å². The van der Waals surface area contributed by atoms with Crippen molar-refractivity contribution in [2.45, 2.75) is 26.0 Å². The van der Waals surface area contributed by atoms with Crippen molar-refractivity contribution >= 4 is 5.97 Å². The van der Waals surface area contributed by atoms with Crippen molar-refractivity contribution in [3.63, 3.8) is 0 Å². The number of aliphatic hydroxyl groups is 1. The number of nitrogens with zero attached hydrogens (tertiary/aromatic N) is 1. The van der Waals surface area contributed by atoms with Gasteiger partial charge < -0.3 is 14.6 Å². The number of hydrogen-bond donors (Lipinski definition) is 2. The smallest absolute Gasteiger partial charge is 0.339 e. The van der Waals surface area contributed by atoms with Crippen LogP contribution in [-0.2, 0) is 6.54 Å². The van der Waals surface area contributed by atoms with Crippen LogP contribution in [0.5, 0.6) is 0 Å². The highest BCUT2D eigenvalue weighted by Crippen LogP contribution is 2.20. The van der Waals surface area contributed by atoms with Gasteiger partial charge in [0, 0.05) is 13.1 Å². The van der Waals surface area contributed by atoms with Crippen LogP contribution in [0, 0.1) is 5.92 Å². The van der Waals surface area contributed by atoms with Gasteiger partial charge in [-0.15, -0.1) is 0 Å². The summed E-state index contributed by atoms with van der Waals surface area (Å²) in [4.78, 5) is 13.0. The SMILES string of the molecule is CC1CN(Cc2occc2C(=O)O)CCC1O. The lowest BCUT2D eigenvalue weighted by Crippen LogP contribution is -2.41. The van der Waals surface area contributed by atoms with Crippen LogP contribution >= 0.6 is 0 Å². The monoisotopic (exact) mass is 239 g/mol. The number of carboxylic acid groups (broad SMARTS) is 1. The molecule has 0 bridgehead atoms. The number of carbonyl (C=O) groups is 1. The first kappa shape index (κ1) is 12.1. The Morgan fingerprint density at radius 1 is 1.65 bits per heavy atom. The molecule has 0 radical (unpaired) electrons. The maximum atomic E-state index is 10.9. The molecule has 2 atom stereocenters. The van der Waals surface area contributed by atoms with Crippen molar-refractivity contribution in [3.05, 3.63) is 23.7 Å². The van der Waals surface area contributed by atoms with Gasteiger partial charge in [-0.3, -0.25) is 4.90 Å². The molecule has 0 aromatic carbocycles. The van der Waals surface area contributed by atoms with Crippen LogP contribution in [0.1, 0.15) is 29.5 Å². The zero-order valence-corrected chi connectivity index (χ0v) is 9.80. The maximum Gasteiger partial charge on any atom is 0.339 e. The zero-order chi connectivity index (χ0) is 12.4. The summed E-state index contributed by atoms with van der Waals surface area (Å²) in [7, 11) is 0. The van der Waals surface area contributed by atoms with Gasteiger partial charge in [0.2, 0.25) is 0 Å². The quantitative estimate of drug-likeness (QED) is 0.828. The molecule has 1 aromatic rings. The number of piperidine rings is 1. The number of furan rings is 1. The molecule has 5 nitrogen and oxygen atoms in total. The fourth-order valence-corrected chi connectivity index (χ4v) is 2.22. The van der Waals surface area contributed by atoms with Crippen LogP contribution in [0.4, 0.5) is 0 Å². The van der Waals surface area contributed by atoms with E-state index in [4.69, 9.17) is 9.52 Å². The van der Waals surface area contributed by atoms with Crippen LogP contribution in [0.15, 0.2) is 16.7 Å². The van der Waals surface area contributed by atoms with E-state index in [2.05, 4.69) is 4.90 Å². The Labute approximate surface area is 99.6 Å². The minimum atomic E-state index is -0.959. The van der Waals surface area contributed by atoms with Crippen LogP contribution in [0.2, 0.25) is 0 Å². The van der Waals surface area contributed by atoms with Gasteiger partial charge in [0.05, 0.1) is 18.9 Å². The highest BCUT2D eigenvalue weighted by atomic mass is 16.4. The van der Waals surface area contributed by atoms with Crippen molar-refractivity contribution < 1.29 is 19.4 Å². The second-order valence-electron chi connectivity index (χ2n) is 4.63. The van der Waals surface area contributed by atoms with Gasteiger partial charge in [-0.05, 0) is 18.4 Å². The first-order valence-electron chi connectivity index (χ1n) is 5.78. The molecular weight excluding hydrogens is 222 g/mol. The number of hydrogen-bond acceptors (Lipinski definition) is 4. The van der Waals surface area contributed by atoms with Crippen LogP contribution in [0.25, 0.3) is 0 Å². The minimum Gasteiger partial charge on any atom is -0.478 e. The molecule has 1 saturated heterocycles. The largest absolute Gasteiger partial charge is 0.478 e. The van der Waals surface area contributed by atoms with Crippen molar-refractivity contribution in [1.82, 2.24) is 4.90 Å². The number of aromatic carboxylic acids is 1. The zero-order valence-electron chi connectivity index (χ0n) is 9.80. The molecule has 0 spiro atoms. The Balaban J connectivity index is 2.01. The topological polar surface area (TPSA) is 73.9 Å². The van der Waals surface area contributed by atoms with E-state index in [1.54, 1.807) is 0 Å². The molecule has 5 heteroatoms. The number of likely N-dealkylation sites (tertiary alicyclic amines) is 1. The lowest BCUT2D eigenvalue weighted by Gasteiger charge is -2.33. The number of aliphatic hydroxyl groups excluding tert-OH is 1. The Morgan fingerprint density at radius 2 is 2.41 bits per heavy atom. The van der Waals surface area contributed by atoms with Crippen LogP contribution in [0.3, 0.4) is 0 Å². The predicted octanol–water partition coefficient (Wildman–Crippen LogP) is 1.18. The Hall–Kier alpha value is -1.33. The summed E-state index contributed by atoms with van der Waals surface area (Å²) in [6.07, 6.45) is 1.88. The number of rotatable bonds is 3. The first-order chi connectivity index (χ1) is 8.08. The van der Waals surface area contributed by atoms with Crippen LogP contribution in [-0.4, -0.2) is 40.3 Å². The summed E-state index contributed by atoms with van der Waals surface area (Å²) in [6, 6.07) is 1.47. The summed E-state index contributed by atoms with van der Waals surface area (Å²) < 4.78 is 5.21. The van der Waals surface area contributed by atoms with Crippen molar-refractivity contribution in [1.29, 1.82) is 0 Å². The summed E-state index contributed by atoms with van der Waals surface area (Å²) >= 11 is 0. The van der Waals surface area contributed by atoms with Gasteiger partial charge >= 0.3 is 5.97 Å². The average Bonchev–Trinajstić information content (AvgIpc) is 2.72. The van der Waals surface area contributed by atoms with Crippen molar-refractivity contribution in [2.24, 2.45) is 5.92 Å². The first-order valence-corrected chi connectivity index (χ1v) is 5.78. The molecule has 1 aliphatic rings. The lowest BCUT2D eigenvalue weighted by molar-refractivity contribution is 0.0292. The highest BCUT2D eigenvalue weighted by Gasteiger charge is 2.25. The van der Waals surface area contributed by atoms with E-state index in [0.29, 0.717) is 12.3 Å². The van der Waals surface area contributed by atoms with E-state index in [9.17, 15) is 9.90 Å². The third-order valence-corrected chi connectivity index (χ3v) is 3.29. The molecule has 17 heavy (non-hydrogen) atoms. The van der Waals surface area contributed by atoms with E-state index in [0.717, 1.165) is 19.5 Å². The number of carboxylic acids is 1. The highest BCUT2D eigenvalue weighted by molar-refractivity contribution is 5.88. The third-order valence-electron chi connectivity index (χ3n) is 3.29. The molecule has 2 unspecified atom stereocenters. The summed E-state index contributed by atoms with van der Waals surface area (Å²) in [5.74, 6) is -0.257. The predicted molar refractivity (Wildman–Crippen MR) is 60.7 cm³/mol. The minimum absolute atomic E-state index is 0.215. The van der Waals surface area contributed by atoms with Gasteiger partial charge in [-0.25, -0.2) is 4.79 Å². The van der Waals surface area contributed by atoms with E-state index < -0.39 is 5.97 Å². The van der Waals surface area contributed by atoms with Gasteiger partial charge in [-0.1, -0.05) is 6.92 Å². The molecule has 2 N–H and O–H groups in total. The molecule has 2 rings (SSSR count). The average molecular weight is 239 g/mol. The normalized spacial score (nSPS) is 26.0. The van der Waals surface area contributed by atoms with Crippen molar-refractivity contribution in [2.75, 3.05) is 13.1 Å². The Bertz CT molecular complexity index is 401. The lowest BCUT2D eigenvalue weighted by atomic mass is 9.96. The second-order valence-corrected chi connectivity index (χ2v) is 4.63. The molecule has 0 amide bonds. The summed E-state index contributed by atoms with van der Waals surface area (Å²) in [5, 5.41) is 18.6. The van der Waals surface area contributed by atoms with Gasteiger partial charge in [-0.2, -0.15) is 0 Å². The maximum absolute atomic E-state index is 10.9. The third kappa shape index (κ3) is 2.68. The molecule has 94 valence electrons. The molecule has 0 saturated carbocycles. The van der Waals surface area contributed by atoms with E-state index in [1.165, 1.54) is 12.3 Å². The summed E-state index contributed by atoms with van der Waals surface area (Å²) in [6.45, 7) is 4.02. The fourth-order valence-electron chi connectivity index (χ4n) is 2.22. The van der Waals surface area contributed by atoms with Gasteiger partial charge in [0.25, 0.3) is 0 Å². The standard InChI is InChI=1S/C12H17NO4/c1-8-6-13(4-2-10(8)14)7-11-9(12(15)16)3-5-17-11/h3,5,8,10,14H,2,4,6-7H2,1H3,(H,15,16). The molecule has 1 aromatic heterocycles. The second kappa shape index (κ2) is 4.89. The summed E-state index contributed by atoms with van der Waals surface area (Å²) in [5.41, 5.74) is 0.226. The van der Waals surface area contributed by atoms with E-state index in [-0.39, 0.29) is 17.6 Å². The molecular formula is C12H17NO4. The molecule has 2 heterocycles. The Morgan fingerprint density at radius 3 is 3.06 bits per heavy atom. The fraction of sp³-hybridized carbons (Fsp3) is 0.583.